The Bertz CT molecular complexity index is 669. The molecule has 1 unspecified atom stereocenters. The minimum absolute atomic E-state index is 0.104. The smallest absolute Gasteiger partial charge is 0.319 e. The van der Waals surface area contributed by atoms with Crippen LogP contribution in [-0.4, -0.2) is 23.8 Å². The Morgan fingerprint density at radius 3 is 2.42 bits per heavy atom. The van der Waals surface area contributed by atoms with Gasteiger partial charge < -0.3 is 20.5 Å². The van der Waals surface area contributed by atoms with Crippen molar-refractivity contribution < 1.29 is 14.6 Å². The van der Waals surface area contributed by atoms with Gasteiger partial charge in [-0.15, -0.1) is 0 Å². The minimum atomic E-state index is -0.777. The van der Waals surface area contributed by atoms with E-state index in [0.717, 1.165) is 22.6 Å². The molecule has 0 heterocycles. The summed E-state index contributed by atoms with van der Waals surface area (Å²) < 4.78 is 5.56. The zero-order chi connectivity index (χ0) is 17.5. The summed E-state index contributed by atoms with van der Waals surface area (Å²) in [7, 11) is 0. The number of carbonyl (C=O) groups excluding carboxylic acids is 1. The number of anilines is 1. The molecule has 0 aliphatic rings. The molecule has 128 valence electrons. The van der Waals surface area contributed by atoms with Crippen LogP contribution in [0.1, 0.15) is 31.1 Å². The van der Waals surface area contributed by atoms with Crippen molar-refractivity contribution in [1.82, 2.24) is 5.32 Å². The van der Waals surface area contributed by atoms with Crippen LogP contribution in [-0.2, 0) is 0 Å². The fraction of sp³-hybridized carbons (Fsp3) is 0.316. The zero-order valence-corrected chi connectivity index (χ0v) is 14.2. The maximum Gasteiger partial charge on any atom is 0.319 e. The van der Waals surface area contributed by atoms with Gasteiger partial charge in [0.2, 0.25) is 0 Å². The van der Waals surface area contributed by atoms with Gasteiger partial charge in [-0.3, -0.25) is 0 Å². The van der Waals surface area contributed by atoms with Gasteiger partial charge in [0.1, 0.15) is 5.75 Å². The van der Waals surface area contributed by atoms with E-state index in [-0.39, 0.29) is 18.7 Å². The fourth-order valence-corrected chi connectivity index (χ4v) is 2.23. The van der Waals surface area contributed by atoms with Gasteiger partial charge in [0.05, 0.1) is 12.2 Å². The molecule has 3 N–H and O–H groups in total. The quantitative estimate of drug-likeness (QED) is 0.758. The number of carbonyl (C=O) groups is 1. The first-order chi connectivity index (χ1) is 11.5. The van der Waals surface area contributed by atoms with Crippen LogP contribution in [0.15, 0.2) is 48.5 Å². The summed E-state index contributed by atoms with van der Waals surface area (Å²) in [4.78, 5) is 11.9. The summed E-state index contributed by atoms with van der Waals surface area (Å²) >= 11 is 0. The van der Waals surface area contributed by atoms with Gasteiger partial charge >= 0.3 is 6.03 Å². The van der Waals surface area contributed by atoms with E-state index in [1.807, 2.05) is 57.2 Å². The summed E-state index contributed by atoms with van der Waals surface area (Å²) in [6, 6.07) is 14.4. The summed E-state index contributed by atoms with van der Waals surface area (Å²) in [5.74, 6) is 0.756. The highest BCUT2D eigenvalue weighted by Gasteiger charge is 2.10. The third-order valence-corrected chi connectivity index (χ3v) is 3.49. The van der Waals surface area contributed by atoms with Gasteiger partial charge in [-0.2, -0.15) is 0 Å². The van der Waals surface area contributed by atoms with Crippen molar-refractivity contribution in [2.24, 2.45) is 0 Å². The van der Waals surface area contributed by atoms with Crippen molar-refractivity contribution in [2.45, 2.75) is 33.0 Å². The lowest BCUT2D eigenvalue weighted by molar-refractivity contribution is 0.175. The third-order valence-electron chi connectivity index (χ3n) is 3.49. The van der Waals surface area contributed by atoms with Crippen molar-refractivity contribution in [1.29, 1.82) is 0 Å². The Balaban J connectivity index is 1.85. The van der Waals surface area contributed by atoms with Gasteiger partial charge in [-0.25, -0.2) is 4.79 Å². The number of hydrogen-bond donors (Lipinski definition) is 3. The highest BCUT2D eigenvalue weighted by molar-refractivity contribution is 5.90. The number of nitrogens with one attached hydrogen (secondary N) is 2. The average molecular weight is 328 g/mol. The molecule has 2 amide bonds. The third kappa shape index (κ3) is 5.28. The summed E-state index contributed by atoms with van der Waals surface area (Å²) in [6.07, 6.45) is -0.673. The first kappa shape index (κ1) is 17.8. The second-order valence-corrected chi connectivity index (χ2v) is 5.90. The zero-order valence-electron chi connectivity index (χ0n) is 14.2. The summed E-state index contributed by atoms with van der Waals surface area (Å²) in [6.45, 7) is 5.97. The van der Waals surface area contributed by atoms with Crippen molar-refractivity contribution in [3.05, 3.63) is 59.7 Å². The van der Waals surface area contributed by atoms with Crippen LogP contribution in [0.2, 0.25) is 0 Å². The van der Waals surface area contributed by atoms with E-state index in [1.165, 1.54) is 0 Å². The number of aliphatic hydroxyl groups is 1. The molecule has 0 aliphatic carbocycles. The Morgan fingerprint density at radius 2 is 1.79 bits per heavy atom. The maximum absolute atomic E-state index is 11.9. The predicted octanol–water partition coefficient (Wildman–Crippen LogP) is 3.64. The lowest BCUT2D eigenvalue weighted by Gasteiger charge is -2.15. The van der Waals surface area contributed by atoms with Gasteiger partial charge in [0.25, 0.3) is 0 Å². The Hall–Kier alpha value is -2.53. The largest absolute Gasteiger partial charge is 0.491 e. The van der Waals surface area contributed by atoms with Crippen LogP contribution in [0.4, 0.5) is 10.5 Å². The molecule has 0 saturated heterocycles. The molecule has 2 aromatic rings. The van der Waals surface area contributed by atoms with Crippen LogP contribution in [0.25, 0.3) is 0 Å². The number of ether oxygens (including phenoxy) is 1. The Morgan fingerprint density at radius 1 is 1.12 bits per heavy atom. The number of urea groups is 1. The van der Waals surface area contributed by atoms with Gasteiger partial charge in [-0.1, -0.05) is 30.3 Å². The van der Waals surface area contributed by atoms with Crippen molar-refractivity contribution in [2.75, 3.05) is 11.9 Å². The maximum atomic E-state index is 11.9. The minimum Gasteiger partial charge on any atom is -0.491 e. The Labute approximate surface area is 142 Å². The number of para-hydroxylation sites is 1. The van der Waals surface area contributed by atoms with Crippen molar-refractivity contribution >= 4 is 11.7 Å². The normalized spacial score (nSPS) is 11.9. The monoisotopic (exact) mass is 328 g/mol. The number of rotatable bonds is 6. The molecule has 0 fully saturated rings. The fourth-order valence-electron chi connectivity index (χ4n) is 2.23. The standard InChI is InChI=1S/C19H24N2O3/c1-13(2)24-16-10-8-15(9-11-16)18(22)12-20-19(23)21-17-7-5-4-6-14(17)3/h4-11,13,18,22H,12H2,1-3H3,(H2,20,21,23). The molecule has 0 saturated carbocycles. The number of amides is 2. The molecule has 0 aromatic heterocycles. The van der Waals surface area contributed by atoms with Gasteiger partial charge in [-0.05, 0) is 50.1 Å². The van der Waals surface area contributed by atoms with Crippen molar-refractivity contribution in [3.8, 4) is 5.75 Å². The van der Waals surface area contributed by atoms with Crippen molar-refractivity contribution in [3.63, 3.8) is 0 Å². The molecular weight excluding hydrogens is 304 g/mol. The lowest BCUT2D eigenvalue weighted by atomic mass is 10.1. The number of aliphatic hydroxyl groups excluding tert-OH is 1. The predicted molar refractivity (Wildman–Crippen MR) is 95.4 cm³/mol. The molecule has 2 rings (SSSR count). The topological polar surface area (TPSA) is 70.6 Å². The molecular formula is C19H24N2O3. The second kappa shape index (κ2) is 8.36. The molecule has 2 aromatic carbocycles. The number of benzene rings is 2. The molecule has 0 aliphatic heterocycles. The van der Waals surface area contributed by atoms with E-state index in [1.54, 1.807) is 12.1 Å². The van der Waals surface area contributed by atoms with Crippen LogP contribution in [0.3, 0.4) is 0 Å². The van der Waals surface area contributed by atoms with Crippen LogP contribution in [0, 0.1) is 6.92 Å². The molecule has 24 heavy (non-hydrogen) atoms. The SMILES string of the molecule is Cc1ccccc1NC(=O)NCC(O)c1ccc(OC(C)C)cc1. The first-order valence-electron chi connectivity index (χ1n) is 8.01. The molecule has 0 spiro atoms. The van der Waals surface area contributed by atoms with Crippen LogP contribution >= 0.6 is 0 Å². The summed E-state index contributed by atoms with van der Waals surface area (Å²) in [5, 5.41) is 15.6. The molecule has 5 heteroatoms. The van der Waals surface area contributed by atoms with Gasteiger partial charge in [0, 0.05) is 12.2 Å². The Kier molecular flexibility index (Phi) is 6.21. The van der Waals surface area contributed by atoms with E-state index in [0.29, 0.717) is 0 Å². The van der Waals surface area contributed by atoms with E-state index in [2.05, 4.69) is 10.6 Å². The van der Waals surface area contributed by atoms with Crippen LogP contribution < -0.4 is 15.4 Å². The second-order valence-electron chi connectivity index (χ2n) is 5.90. The van der Waals surface area contributed by atoms with E-state index >= 15 is 0 Å². The first-order valence-corrected chi connectivity index (χ1v) is 8.01. The average Bonchev–Trinajstić information content (AvgIpc) is 2.55. The highest BCUT2D eigenvalue weighted by atomic mass is 16.5. The van der Waals surface area contributed by atoms with E-state index in [9.17, 15) is 9.90 Å². The molecule has 1 atom stereocenters. The van der Waals surface area contributed by atoms with E-state index < -0.39 is 6.10 Å². The summed E-state index contributed by atoms with van der Waals surface area (Å²) in [5.41, 5.74) is 2.45. The molecule has 0 bridgehead atoms. The number of hydrogen-bond acceptors (Lipinski definition) is 3. The van der Waals surface area contributed by atoms with Crippen LogP contribution in [0.5, 0.6) is 5.75 Å². The molecule has 0 radical (unpaired) electrons. The lowest BCUT2D eigenvalue weighted by Crippen LogP contribution is -2.32. The number of aryl methyl sites for hydroxylation is 1. The van der Waals surface area contributed by atoms with E-state index in [4.69, 9.17) is 4.74 Å². The van der Waals surface area contributed by atoms with Gasteiger partial charge in [0.15, 0.2) is 0 Å². The molecule has 5 nitrogen and oxygen atoms in total. The highest BCUT2D eigenvalue weighted by Crippen LogP contribution is 2.18.